The average molecular weight is 420 g/mol. The lowest BCUT2D eigenvalue weighted by Gasteiger charge is -2.35. The Labute approximate surface area is 159 Å². The molecule has 1 fully saturated rings. The van der Waals surface area contributed by atoms with Crippen molar-refractivity contribution < 1.29 is 14.0 Å². The van der Waals surface area contributed by atoms with Crippen LogP contribution in [0.25, 0.3) is 0 Å². The van der Waals surface area contributed by atoms with Crippen molar-refractivity contribution in [3.63, 3.8) is 0 Å². The molecule has 5 nitrogen and oxygen atoms in total. The highest BCUT2D eigenvalue weighted by molar-refractivity contribution is 9.10. The molecule has 0 radical (unpaired) electrons. The predicted octanol–water partition coefficient (Wildman–Crippen LogP) is 3.18. The first-order valence-corrected chi connectivity index (χ1v) is 9.11. The Kier molecular flexibility index (Phi) is 5.56. The number of anilines is 2. The second-order valence-electron chi connectivity index (χ2n) is 6.14. The zero-order valence-electron chi connectivity index (χ0n) is 14.3. The maximum Gasteiger partial charge on any atom is 0.313 e. The Bertz CT molecular complexity index is 835. The van der Waals surface area contributed by atoms with Gasteiger partial charge in [-0.2, -0.15) is 0 Å². The van der Waals surface area contributed by atoms with Crippen molar-refractivity contribution in [2.45, 2.75) is 6.92 Å². The van der Waals surface area contributed by atoms with Gasteiger partial charge in [0.05, 0.1) is 5.69 Å². The Morgan fingerprint density at radius 1 is 1.08 bits per heavy atom. The van der Waals surface area contributed by atoms with Crippen molar-refractivity contribution in [1.29, 1.82) is 0 Å². The van der Waals surface area contributed by atoms with Crippen LogP contribution in [0, 0.1) is 12.7 Å². The maximum atomic E-state index is 13.9. The van der Waals surface area contributed by atoms with Crippen LogP contribution in [-0.4, -0.2) is 42.9 Å². The van der Waals surface area contributed by atoms with Gasteiger partial charge >= 0.3 is 11.8 Å². The molecule has 0 spiro atoms. The van der Waals surface area contributed by atoms with Crippen LogP contribution in [0.4, 0.5) is 15.8 Å². The summed E-state index contributed by atoms with van der Waals surface area (Å²) in [4.78, 5) is 28.1. The van der Waals surface area contributed by atoms with Crippen molar-refractivity contribution in [2.24, 2.45) is 0 Å². The number of nitrogens with one attached hydrogen (secondary N) is 1. The van der Waals surface area contributed by atoms with Gasteiger partial charge in [-0.3, -0.25) is 9.59 Å². The number of rotatable bonds is 2. The Hall–Kier alpha value is -2.41. The normalized spacial score (nSPS) is 14.3. The zero-order chi connectivity index (χ0) is 18.7. The first kappa shape index (κ1) is 18.4. The first-order chi connectivity index (χ1) is 12.5. The maximum absolute atomic E-state index is 13.9. The molecule has 2 aromatic carbocycles. The molecular weight excluding hydrogens is 401 g/mol. The zero-order valence-corrected chi connectivity index (χ0v) is 15.9. The summed E-state index contributed by atoms with van der Waals surface area (Å²) in [6.45, 7) is 3.58. The minimum absolute atomic E-state index is 0.282. The average Bonchev–Trinajstić information content (AvgIpc) is 2.64. The van der Waals surface area contributed by atoms with Crippen LogP contribution in [0.3, 0.4) is 0 Å². The highest BCUT2D eigenvalue weighted by atomic mass is 79.9. The third-order valence-corrected chi connectivity index (χ3v) is 4.88. The van der Waals surface area contributed by atoms with Crippen molar-refractivity contribution >= 4 is 39.1 Å². The predicted molar refractivity (Wildman–Crippen MR) is 103 cm³/mol. The third kappa shape index (κ3) is 4.04. The van der Waals surface area contributed by atoms with E-state index >= 15 is 0 Å². The molecule has 2 aromatic rings. The molecule has 3 rings (SSSR count). The molecule has 1 aliphatic rings. The van der Waals surface area contributed by atoms with Gasteiger partial charge in [0.1, 0.15) is 5.82 Å². The Balaban J connectivity index is 1.59. The van der Waals surface area contributed by atoms with Gasteiger partial charge in [-0.15, -0.1) is 0 Å². The second-order valence-corrected chi connectivity index (χ2v) is 7.06. The van der Waals surface area contributed by atoms with Crippen molar-refractivity contribution in [2.75, 3.05) is 36.4 Å². The molecule has 7 heteroatoms. The van der Waals surface area contributed by atoms with E-state index in [1.165, 1.54) is 11.0 Å². The minimum atomic E-state index is -0.658. The molecule has 0 aliphatic carbocycles. The van der Waals surface area contributed by atoms with E-state index in [2.05, 4.69) is 21.2 Å². The summed E-state index contributed by atoms with van der Waals surface area (Å²) in [5, 5.41) is 2.66. The van der Waals surface area contributed by atoms with Crippen LogP contribution < -0.4 is 10.2 Å². The summed E-state index contributed by atoms with van der Waals surface area (Å²) in [5.41, 5.74) is 2.00. The van der Waals surface area contributed by atoms with E-state index in [1.807, 2.05) is 17.9 Å². The number of hydrogen-bond acceptors (Lipinski definition) is 3. The van der Waals surface area contributed by atoms with Gasteiger partial charge in [-0.1, -0.05) is 28.1 Å². The standard InChI is InChI=1S/C19H19BrFN3O2/c1-13-12-14(20)6-7-16(13)22-18(25)19(26)24-10-8-23(9-11-24)17-5-3-2-4-15(17)21/h2-7,12H,8-11H2,1H3,(H,22,25). The van der Waals surface area contributed by atoms with Gasteiger partial charge in [-0.25, -0.2) is 4.39 Å². The number of carbonyl (C=O) groups is 2. The Morgan fingerprint density at radius 2 is 1.77 bits per heavy atom. The summed E-state index contributed by atoms with van der Waals surface area (Å²) in [6, 6.07) is 12.0. The SMILES string of the molecule is Cc1cc(Br)ccc1NC(=O)C(=O)N1CCN(c2ccccc2F)CC1. The summed E-state index contributed by atoms with van der Waals surface area (Å²) >= 11 is 3.36. The van der Waals surface area contributed by atoms with Gasteiger partial charge in [0, 0.05) is 36.3 Å². The molecule has 136 valence electrons. The number of piperazine rings is 1. The third-order valence-electron chi connectivity index (χ3n) is 4.39. The van der Waals surface area contributed by atoms with Crippen molar-refractivity contribution in [3.05, 3.63) is 58.3 Å². The van der Waals surface area contributed by atoms with E-state index in [0.717, 1.165) is 10.0 Å². The number of aryl methyl sites for hydroxylation is 1. The fourth-order valence-corrected chi connectivity index (χ4v) is 3.42. The van der Waals surface area contributed by atoms with E-state index in [-0.39, 0.29) is 5.82 Å². The van der Waals surface area contributed by atoms with E-state index in [1.54, 1.807) is 30.3 Å². The van der Waals surface area contributed by atoms with Gasteiger partial charge in [0.2, 0.25) is 0 Å². The Morgan fingerprint density at radius 3 is 2.42 bits per heavy atom. The van der Waals surface area contributed by atoms with E-state index in [4.69, 9.17) is 0 Å². The summed E-state index contributed by atoms with van der Waals surface area (Å²) in [7, 11) is 0. The van der Waals surface area contributed by atoms with Crippen LogP contribution in [0.5, 0.6) is 0 Å². The lowest BCUT2D eigenvalue weighted by atomic mass is 10.2. The molecule has 0 bridgehead atoms. The molecule has 1 heterocycles. The van der Waals surface area contributed by atoms with E-state index in [9.17, 15) is 14.0 Å². The largest absolute Gasteiger partial charge is 0.366 e. The van der Waals surface area contributed by atoms with Crippen molar-refractivity contribution in [1.82, 2.24) is 4.90 Å². The number of benzene rings is 2. The quantitative estimate of drug-likeness (QED) is 0.760. The van der Waals surface area contributed by atoms with Crippen LogP contribution >= 0.6 is 15.9 Å². The van der Waals surface area contributed by atoms with Gasteiger partial charge in [-0.05, 0) is 42.8 Å². The van der Waals surface area contributed by atoms with Crippen LogP contribution in [-0.2, 0) is 9.59 Å². The topological polar surface area (TPSA) is 52.7 Å². The van der Waals surface area contributed by atoms with Crippen LogP contribution in [0.15, 0.2) is 46.9 Å². The molecule has 26 heavy (non-hydrogen) atoms. The number of hydrogen-bond donors (Lipinski definition) is 1. The molecule has 0 atom stereocenters. The number of carbonyl (C=O) groups excluding carboxylic acids is 2. The van der Waals surface area contributed by atoms with Crippen molar-refractivity contribution in [3.8, 4) is 0 Å². The smallest absolute Gasteiger partial charge is 0.313 e. The number of nitrogens with zero attached hydrogens (tertiary/aromatic N) is 2. The second kappa shape index (κ2) is 7.86. The van der Waals surface area contributed by atoms with Crippen LogP contribution in [0.1, 0.15) is 5.56 Å². The molecule has 1 N–H and O–H groups in total. The minimum Gasteiger partial charge on any atom is -0.366 e. The number of para-hydroxylation sites is 1. The molecule has 0 saturated carbocycles. The van der Waals surface area contributed by atoms with Gasteiger partial charge in [0.15, 0.2) is 0 Å². The van der Waals surface area contributed by atoms with E-state index < -0.39 is 11.8 Å². The van der Waals surface area contributed by atoms with Crippen LogP contribution in [0.2, 0.25) is 0 Å². The van der Waals surface area contributed by atoms with Gasteiger partial charge < -0.3 is 15.1 Å². The lowest BCUT2D eigenvalue weighted by molar-refractivity contribution is -0.143. The summed E-state index contributed by atoms with van der Waals surface area (Å²) < 4.78 is 14.8. The molecule has 0 unspecified atom stereocenters. The fourth-order valence-electron chi connectivity index (χ4n) is 2.95. The summed E-state index contributed by atoms with van der Waals surface area (Å²) in [5.74, 6) is -1.51. The van der Waals surface area contributed by atoms with E-state index in [0.29, 0.717) is 37.6 Å². The molecule has 2 amide bonds. The molecule has 1 aliphatic heterocycles. The number of amides is 2. The lowest BCUT2D eigenvalue weighted by Crippen LogP contribution is -2.51. The highest BCUT2D eigenvalue weighted by Gasteiger charge is 2.27. The summed E-state index contributed by atoms with van der Waals surface area (Å²) in [6.07, 6.45) is 0. The first-order valence-electron chi connectivity index (χ1n) is 8.31. The highest BCUT2D eigenvalue weighted by Crippen LogP contribution is 2.21. The monoisotopic (exact) mass is 419 g/mol. The molecule has 0 aromatic heterocycles. The fraction of sp³-hybridized carbons (Fsp3) is 0.263. The van der Waals surface area contributed by atoms with Gasteiger partial charge in [0.25, 0.3) is 0 Å². The molecular formula is C19H19BrFN3O2. The number of halogens is 2. The molecule has 1 saturated heterocycles.